The zero-order chi connectivity index (χ0) is 30.9. The molecule has 0 bridgehead atoms. The number of hydrogen-bond donors (Lipinski definition) is 6. The second kappa shape index (κ2) is 11.9. The van der Waals surface area contributed by atoms with Gasteiger partial charge in [-0.25, -0.2) is 14.3 Å². The van der Waals surface area contributed by atoms with E-state index < -0.39 is 51.8 Å². The Morgan fingerprint density at radius 2 is 2.02 bits per heavy atom. The summed E-state index contributed by atoms with van der Waals surface area (Å²) in [6, 6.07) is -1.19. The Balaban J connectivity index is 1.28. The van der Waals surface area contributed by atoms with E-state index in [0.29, 0.717) is 31.0 Å². The molecule has 0 aromatic carbocycles. The number of nitrogens with two attached hydrogens (primary N) is 2. The van der Waals surface area contributed by atoms with Gasteiger partial charge in [-0.1, -0.05) is 0 Å². The van der Waals surface area contributed by atoms with Gasteiger partial charge < -0.3 is 27.2 Å². The number of aliphatic imine (C=N–C) groups is 2. The van der Waals surface area contributed by atoms with Crippen LogP contribution in [-0.2, 0) is 37.8 Å². The topological polar surface area (TPSA) is 273 Å². The average Bonchev–Trinajstić information content (AvgIpc) is 3.37. The van der Waals surface area contributed by atoms with Crippen LogP contribution < -0.4 is 22.1 Å². The van der Waals surface area contributed by atoms with Gasteiger partial charge in [0.1, 0.15) is 17.1 Å². The van der Waals surface area contributed by atoms with Crippen molar-refractivity contribution in [3.8, 4) is 0 Å². The summed E-state index contributed by atoms with van der Waals surface area (Å²) in [7, 11) is -4.95. The lowest BCUT2D eigenvalue weighted by molar-refractivity contribution is -0.149. The summed E-state index contributed by atoms with van der Waals surface area (Å²) in [5.74, 6) is -3.13. The number of nitrogens with one attached hydrogen (secondary N) is 2. The van der Waals surface area contributed by atoms with Gasteiger partial charge in [-0.15, -0.1) is 11.3 Å². The summed E-state index contributed by atoms with van der Waals surface area (Å²) in [4.78, 5) is 51.6. The maximum absolute atomic E-state index is 13.4. The first-order chi connectivity index (χ1) is 20.4. The van der Waals surface area contributed by atoms with Crippen LogP contribution in [0.15, 0.2) is 21.6 Å². The Bertz CT molecular complexity index is 1580. The molecule has 1 saturated carbocycles. The fourth-order valence-corrected chi connectivity index (χ4v) is 6.20. The van der Waals surface area contributed by atoms with E-state index in [0.717, 1.165) is 29.2 Å². The number of rotatable bonds is 14. The van der Waals surface area contributed by atoms with Crippen molar-refractivity contribution in [1.29, 1.82) is 0 Å². The first-order valence-electron chi connectivity index (χ1n) is 13.3. The van der Waals surface area contributed by atoms with Crippen LogP contribution in [-0.4, -0.2) is 104 Å². The lowest BCUT2D eigenvalue weighted by Crippen LogP contribution is -2.64. The molecule has 2 saturated heterocycles. The van der Waals surface area contributed by atoms with Gasteiger partial charge in [-0.3, -0.25) is 23.9 Å². The van der Waals surface area contributed by atoms with Crippen molar-refractivity contribution in [3.05, 3.63) is 23.0 Å². The molecule has 20 heteroatoms. The monoisotopic (exact) mass is 637 g/mol. The molecule has 2 atom stereocenters. The van der Waals surface area contributed by atoms with Crippen molar-refractivity contribution in [3.63, 3.8) is 0 Å². The second-order valence-electron chi connectivity index (χ2n) is 10.7. The lowest BCUT2D eigenvalue weighted by atomic mass is 9.84. The van der Waals surface area contributed by atoms with Crippen molar-refractivity contribution in [2.75, 3.05) is 31.9 Å². The van der Waals surface area contributed by atoms with Gasteiger partial charge in [0.2, 0.25) is 5.91 Å². The Morgan fingerprint density at radius 3 is 2.60 bits per heavy atom. The van der Waals surface area contributed by atoms with Gasteiger partial charge in [-0.05, 0) is 12.8 Å². The number of aliphatic carboxylic acids is 1. The number of Topliss-reactive ketones (excluding diaryl/α,β-unsaturated/α-hetero) is 1. The number of nitrogens with zero attached hydrogens (tertiary/aromatic N) is 7. The maximum Gasteiger partial charge on any atom is 0.362 e. The van der Waals surface area contributed by atoms with Gasteiger partial charge in [0.25, 0.3) is 0 Å². The fraction of sp³-hybridized carbons (Fsp3) is 0.565. The maximum atomic E-state index is 13.4. The van der Waals surface area contributed by atoms with Gasteiger partial charge in [0, 0.05) is 37.4 Å². The fourth-order valence-electron chi connectivity index (χ4n) is 4.73. The number of nitrogen functional groups attached to an aromatic ring is 1. The van der Waals surface area contributed by atoms with Crippen molar-refractivity contribution in [2.45, 2.75) is 38.4 Å². The molecule has 3 fully saturated rings. The van der Waals surface area contributed by atoms with Crippen LogP contribution in [0.2, 0.25) is 0 Å². The number of β-lactam (4-membered cyclic amide) rings is 1. The number of carboxylic acids is 1. The third kappa shape index (κ3) is 6.81. The molecule has 43 heavy (non-hydrogen) atoms. The highest BCUT2D eigenvalue weighted by molar-refractivity contribution is 7.84. The predicted octanol–water partition coefficient (Wildman–Crippen LogP) is -2.12. The number of ketones is 1. The van der Waals surface area contributed by atoms with Crippen molar-refractivity contribution >= 4 is 56.1 Å². The molecule has 0 spiro atoms. The Hall–Kier alpha value is -4.01. The van der Waals surface area contributed by atoms with E-state index in [1.807, 2.05) is 0 Å². The first-order valence-corrected chi connectivity index (χ1v) is 15.6. The molecule has 5 rings (SSSR count). The van der Waals surface area contributed by atoms with Crippen molar-refractivity contribution in [1.82, 2.24) is 34.9 Å². The molecule has 232 valence electrons. The largest absolute Gasteiger partial charge is 0.481 e. The van der Waals surface area contributed by atoms with Crippen LogP contribution in [0, 0.1) is 17.3 Å². The molecule has 2 aromatic rings. The SMILES string of the molecule is NC(=NCc1cnn(C[C@@H]2[C@H](CC(=O)C(=NCC3(C(=O)O)CC3)c3csc(N)n3)C(=O)N2S(=O)(=O)O)n1)NCC1CNC1. The molecule has 3 aliphatic rings. The highest BCUT2D eigenvalue weighted by Gasteiger charge is 2.54. The summed E-state index contributed by atoms with van der Waals surface area (Å²) >= 11 is 1.05. The third-order valence-corrected chi connectivity index (χ3v) is 9.24. The van der Waals surface area contributed by atoms with E-state index in [-0.39, 0.29) is 46.4 Å². The number of amides is 1. The molecule has 2 aromatic heterocycles. The van der Waals surface area contributed by atoms with Crippen molar-refractivity contribution < 1.29 is 32.5 Å². The van der Waals surface area contributed by atoms with E-state index in [1.54, 1.807) is 0 Å². The van der Waals surface area contributed by atoms with E-state index in [4.69, 9.17) is 11.5 Å². The van der Waals surface area contributed by atoms with Gasteiger partial charge >= 0.3 is 16.3 Å². The number of carbonyl (C=O) groups excluding carboxylic acids is 2. The molecule has 18 nitrogen and oxygen atoms in total. The molecule has 0 radical (unpaired) electrons. The standard InChI is InChI=1S/C23H31N11O7S2/c24-21(27-6-12-4-26-5-12)28-7-13-8-30-33(32-13)9-16-14(19(36)34(16)43(39,40)41)3-17(35)18(15-10-42-22(25)31-15)29-11-23(1-2-23)20(37)38/h8,10,12,14,16,26H,1-7,9,11H2,(H2,25,31)(H,37,38)(H3,24,27,28)(H,39,40,41)/t14-,16+/m0/s1. The molecule has 4 heterocycles. The van der Waals surface area contributed by atoms with Crippen LogP contribution >= 0.6 is 11.3 Å². The quantitative estimate of drug-likeness (QED) is 0.0560. The number of carboxylic acid groups (broad SMARTS) is 1. The van der Waals surface area contributed by atoms with Crippen LogP contribution in [0.5, 0.6) is 0 Å². The minimum absolute atomic E-state index is 0.0870. The summed E-state index contributed by atoms with van der Waals surface area (Å²) in [6.45, 7) is 2.16. The molecular formula is C23H31N11O7S2. The molecular weight excluding hydrogens is 606 g/mol. The number of hydrogen-bond acceptors (Lipinski definition) is 13. The van der Waals surface area contributed by atoms with E-state index in [9.17, 15) is 32.5 Å². The number of thiazole rings is 1. The number of aromatic nitrogens is 4. The van der Waals surface area contributed by atoms with Crippen LogP contribution in [0.4, 0.5) is 5.13 Å². The number of guanidine groups is 1. The van der Waals surface area contributed by atoms with Crippen LogP contribution in [0.1, 0.15) is 30.7 Å². The summed E-state index contributed by atoms with van der Waals surface area (Å²) < 4.78 is 34.0. The first kappa shape index (κ1) is 30.4. The van der Waals surface area contributed by atoms with Gasteiger partial charge in [0.05, 0.1) is 43.2 Å². The minimum Gasteiger partial charge on any atom is -0.481 e. The Kier molecular flexibility index (Phi) is 8.45. The molecule has 1 aliphatic carbocycles. The van der Waals surface area contributed by atoms with Crippen LogP contribution in [0.3, 0.4) is 0 Å². The average molecular weight is 638 g/mol. The Labute approximate surface area is 249 Å². The lowest BCUT2D eigenvalue weighted by Gasteiger charge is -2.43. The third-order valence-electron chi connectivity index (χ3n) is 7.61. The summed E-state index contributed by atoms with van der Waals surface area (Å²) in [5.41, 5.74) is 10.9. The van der Waals surface area contributed by atoms with Crippen LogP contribution in [0.25, 0.3) is 0 Å². The van der Waals surface area contributed by atoms with E-state index in [2.05, 4.69) is 35.8 Å². The molecule has 0 unspecified atom stereocenters. The molecule has 1 amide bonds. The van der Waals surface area contributed by atoms with E-state index >= 15 is 0 Å². The molecule has 8 N–H and O–H groups in total. The predicted molar refractivity (Wildman–Crippen MR) is 152 cm³/mol. The zero-order valence-electron chi connectivity index (χ0n) is 22.8. The Morgan fingerprint density at radius 1 is 1.28 bits per heavy atom. The van der Waals surface area contributed by atoms with Gasteiger partial charge in [-0.2, -0.15) is 23.4 Å². The van der Waals surface area contributed by atoms with Gasteiger partial charge in [0.15, 0.2) is 16.9 Å². The number of anilines is 1. The van der Waals surface area contributed by atoms with Crippen molar-refractivity contribution in [2.24, 2.45) is 33.0 Å². The normalized spacial score (nSPS) is 22.2. The summed E-state index contributed by atoms with van der Waals surface area (Å²) in [6.07, 6.45) is 1.73. The molecule has 2 aliphatic heterocycles. The highest BCUT2D eigenvalue weighted by Crippen LogP contribution is 2.46. The highest BCUT2D eigenvalue weighted by atomic mass is 32.2. The van der Waals surface area contributed by atoms with E-state index in [1.165, 1.54) is 11.6 Å². The summed E-state index contributed by atoms with van der Waals surface area (Å²) in [5, 5.41) is 25.7. The zero-order valence-corrected chi connectivity index (χ0v) is 24.4. The smallest absolute Gasteiger partial charge is 0.362 e. The minimum atomic E-state index is -4.95. The second-order valence-corrected chi connectivity index (χ2v) is 12.9. The number of carbonyl (C=O) groups is 3.